The molecule has 164 valence electrons. The van der Waals surface area contributed by atoms with Crippen molar-refractivity contribution in [1.82, 2.24) is 5.32 Å². The van der Waals surface area contributed by atoms with E-state index in [1.54, 1.807) is 7.11 Å². The van der Waals surface area contributed by atoms with Gasteiger partial charge in [-0.25, -0.2) is 0 Å². The highest BCUT2D eigenvalue weighted by Crippen LogP contribution is 2.24. The van der Waals surface area contributed by atoms with Crippen LogP contribution in [0.2, 0.25) is 0 Å². The lowest BCUT2D eigenvalue weighted by Crippen LogP contribution is -2.36. The second kappa shape index (κ2) is 10.9. The van der Waals surface area contributed by atoms with Crippen molar-refractivity contribution < 1.29 is 9.47 Å². The van der Waals surface area contributed by atoms with E-state index in [0.29, 0.717) is 8.58 Å². The Morgan fingerprint density at radius 1 is 0.871 bits per heavy atom. The maximum atomic E-state index is 5.91. The van der Waals surface area contributed by atoms with Crippen LogP contribution in [-0.4, -0.2) is 19.4 Å². The average molecular weight is 436 g/mol. The molecular weight excluding hydrogens is 401 g/mol. The zero-order valence-electron chi connectivity index (χ0n) is 19.3. The van der Waals surface area contributed by atoms with E-state index >= 15 is 0 Å². The van der Waals surface area contributed by atoms with Gasteiger partial charge in [0.15, 0.2) is 6.79 Å². The van der Waals surface area contributed by atoms with Crippen LogP contribution in [0.25, 0.3) is 0 Å². The summed E-state index contributed by atoms with van der Waals surface area (Å²) in [6.07, 6.45) is 0.912. The molecule has 0 spiro atoms. The van der Waals surface area contributed by atoms with Crippen LogP contribution in [-0.2, 0) is 17.7 Å². The number of benzene rings is 3. The van der Waals surface area contributed by atoms with Crippen LogP contribution in [0.15, 0.2) is 66.7 Å². The normalized spacial score (nSPS) is 11.9. The molecule has 1 unspecified atom stereocenters. The zero-order valence-corrected chi connectivity index (χ0v) is 20.3. The standard InChI is InChI=1S/C27H34NO2P/c1-20-11-14-25(23(15-20)18-28-27(2,3)4)31-26-17-22(12-13-24(26)30-19-29-5)16-21-9-7-6-8-10-21/h6-15,17,28,31H,16,18-19H2,1-5H3. The molecule has 0 aliphatic heterocycles. The van der Waals surface area contributed by atoms with Crippen molar-refractivity contribution in [2.24, 2.45) is 0 Å². The molecule has 1 N–H and O–H groups in total. The Balaban J connectivity index is 1.90. The topological polar surface area (TPSA) is 30.5 Å². The van der Waals surface area contributed by atoms with Gasteiger partial charge in [0.25, 0.3) is 0 Å². The quantitative estimate of drug-likeness (QED) is 0.375. The van der Waals surface area contributed by atoms with Crippen LogP contribution >= 0.6 is 8.58 Å². The lowest BCUT2D eigenvalue weighted by molar-refractivity contribution is 0.0519. The first-order chi connectivity index (χ1) is 14.8. The van der Waals surface area contributed by atoms with E-state index in [0.717, 1.165) is 18.7 Å². The average Bonchev–Trinajstić information content (AvgIpc) is 2.73. The molecule has 0 aliphatic rings. The van der Waals surface area contributed by atoms with Gasteiger partial charge in [-0.15, -0.1) is 0 Å². The van der Waals surface area contributed by atoms with Gasteiger partial charge in [0, 0.05) is 24.5 Å². The molecule has 0 aliphatic carbocycles. The molecule has 3 nitrogen and oxygen atoms in total. The SMILES string of the molecule is COCOc1ccc(Cc2ccccc2)cc1Pc1ccc(C)cc1CNC(C)(C)C. The molecule has 0 amide bonds. The van der Waals surface area contributed by atoms with Crippen LogP contribution in [0.4, 0.5) is 0 Å². The molecular formula is C27H34NO2P. The molecule has 0 saturated heterocycles. The van der Waals surface area contributed by atoms with Gasteiger partial charge in [-0.1, -0.05) is 68.7 Å². The molecule has 0 bridgehead atoms. The largest absolute Gasteiger partial charge is 0.467 e. The van der Waals surface area contributed by atoms with Crippen LogP contribution < -0.4 is 20.7 Å². The van der Waals surface area contributed by atoms with Gasteiger partial charge in [-0.05, 0) is 68.2 Å². The first-order valence-corrected chi connectivity index (χ1v) is 11.7. The summed E-state index contributed by atoms with van der Waals surface area (Å²) in [4.78, 5) is 0. The smallest absolute Gasteiger partial charge is 0.188 e. The van der Waals surface area contributed by atoms with Gasteiger partial charge < -0.3 is 14.8 Å². The van der Waals surface area contributed by atoms with Gasteiger partial charge in [0.2, 0.25) is 0 Å². The van der Waals surface area contributed by atoms with E-state index in [1.165, 1.54) is 32.9 Å². The van der Waals surface area contributed by atoms with E-state index in [-0.39, 0.29) is 12.3 Å². The van der Waals surface area contributed by atoms with E-state index in [9.17, 15) is 0 Å². The van der Waals surface area contributed by atoms with Crippen molar-refractivity contribution in [3.63, 3.8) is 0 Å². The third-order valence-electron chi connectivity index (χ3n) is 4.97. The van der Waals surface area contributed by atoms with E-state index < -0.39 is 0 Å². The Labute approximate surface area is 189 Å². The summed E-state index contributed by atoms with van der Waals surface area (Å²) >= 11 is 0. The van der Waals surface area contributed by atoms with Crippen molar-refractivity contribution in [2.75, 3.05) is 13.9 Å². The number of hydrogen-bond donors (Lipinski definition) is 1. The van der Waals surface area contributed by atoms with Crippen LogP contribution in [0, 0.1) is 6.92 Å². The molecule has 1 atom stereocenters. The van der Waals surface area contributed by atoms with Gasteiger partial charge in [-0.3, -0.25) is 0 Å². The molecule has 0 saturated carbocycles. The maximum absolute atomic E-state index is 5.91. The van der Waals surface area contributed by atoms with Gasteiger partial charge in [-0.2, -0.15) is 0 Å². The fourth-order valence-corrected chi connectivity index (χ4v) is 4.68. The van der Waals surface area contributed by atoms with Gasteiger partial charge in [0.05, 0.1) is 0 Å². The third kappa shape index (κ3) is 7.47. The number of hydrogen-bond acceptors (Lipinski definition) is 3. The number of ether oxygens (including phenoxy) is 2. The Hall–Kier alpha value is -2.19. The Bertz CT molecular complexity index is 980. The molecule has 3 aromatic rings. The minimum Gasteiger partial charge on any atom is -0.467 e. The predicted molar refractivity (Wildman–Crippen MR) is 134 cm³/mol. The van der Waals surface area contributed by atoms with Crippen molar-refractivity contribution >= 4 is 19.2 Å². The molecule has 0 heterocycles. The molecule has 0 aromatic heterocycles. The number of rotatable bonds is 9. The summed E-state index contributed by atoms with van der Waals surface area (Å²) in [5, 5.41) is 6.20. The van der Waals surface area contributed by atoms with Crippen LogP contribution in [0.5, 0.6) is 5.75 Å². The second-order valence-electron chi connectivity index (χ2n) is 8.93. The first-order valence-electron chi connectivity index (χ1n) is 10.7. The summed E-state index contributed by atoms with van der Waals surface area (Å²) in [5.74, 6) is 0.896. The number of aryl methyl sites for hydroxylation is 1. The minimum absolute atomic E-state index is 0.0759. The lowest BCUT2D eigenvalue weighted by Gasteiger charge is -2.22. The van der Waals surface area contributed by atoms with Crippen molar-refractivity contribution in [3.8, 4) is 5.75 Å². The molecule has 3 rings (SSSR count). The monoisotopic (exact) mass is 435 g/mol. The maximum Gasteiger partial charge on any atom is 0.188 e. The Kier molecular flexibility index (Phi) is 8.26. The van der Waals surface area contributed by atoms with Gasteiger partial charge >= 0.3 is 0 Å². The van der Waals surface area contributed by atoms with Crippen molar-refractivity contribution in [3.05, 3.63) is 89.0 Å². The summed E-state index contributed by atoms with van der Waals surface area (Å²) in [7, 11) is 2.17. The highest BCUT2D eigenvalue weighted by molar-refractivity contribution is 7.55. The summed E-state index contributed by atoms with van der Waals surface area (Å²) in [6.45, 7) is 9.87. The van der Waals surface area contributed by atoms with E-state index in [2.05, 4.69) is 99.7 Å². The lowest BCUT2D eigenvalue weighted by atomic mass is 10.1. The fraction of sp³-hybridized carbons (Fsp3) is 0.333. The fourth-order valence-electron chi connectivity index (χ4n) is 3.36. The number of methoxy groups -OCH3 is 1. The minimum atomic E-state index is 0.0759. The van der Waals surface area contributed by atoms with Gasteiger partial charge in [0.1, 0.15) is 5.75 Å². The first kappa shape index (κ1) is 23.5. The van der Waals surface area contributed by atoms with Crippen molar-refractivity contribution in [1.29, 1.82) is 0 Å². The Morgan fingerprint density at radius 3 is 2.35 bits per heavy atom. The Morgan fingerprint density at radius 2 is 1.65 bits per heavy atom. The zero-order chi connectivity index (χ0) is 22.3. The highest BCUT2D eigenvalue weighted by atomic mass is 31.1. The molecule has 0 fully saturated rings. The van der Waals surface area contributed by atoms with Crippen LogP contribution in [0.3, 0.4) is 0 Å². The van der Waals surface area contributed by atoms with E-state index in [1.807, 2.05) is 0 Å². The third-order valence-corrected chi connectivity index (χ3v) is 6.38. The molecule has 4 heteroatoms. The summed E-state index contributed by atoms with van der Waals surface area (Å²) in [5.41, 5.74) is 5.31. The van der Waals surface area contributed by atoms with Crippen molar-refractivity contribution in [2.45, 2.75) is 46.2 Å². The summed E-state index contributed by atoms with van der Waals surface area (Å²) < 4.78 is 11.1. The van der Waals surface area contributed by atoms with Crippen LogP contribution in [0.1, 0.15) is 43.0 Å². The molecule has 0 radical (unpaired) electrons. The molecule has 31 heavy (non-hydrogen) atoms. The second-order valence-corrected chi connectivity index (χ2v) is 10.3. The number of nitrogens with one attached hydrogen (secondary N) is 1. The summed E-state index contributed by atoms with van der Waals surface area (Å²) in [6, 6.07) is 23.9. The highest BCUT2D eigenvalue weighted by Gasteiger charge is 2.13. The van der Waals surface area contributed by atoms with E-state index in [4.69, 9.17) is 9.47 Å². The predicted octanol–water partition coefficient (Wildman–Crippen LogP) is 5.09. The molecule has 3 aromatic carbocycles.